The second-order valence-electron chi connectivity index (χ2n) is 6.00. The van der Waals surface area contributed by atoms with Gasteiger partial charge in [0.1, 0.15) is 11.5 Å². The maximum Gasteiger partial charge on any atom is 0.133 e. The molecule has 0 amide bonds. The van der Waals surface area contributed by atoms with E-state index in [4.69, 9.17) is 4.74 Å². The van der Waals surface area contributed by atoms with Crippen LogP contribution in [0.5, 0.6) is 5.75 Å². The van der Waals surface area contributed by atoms with Crippen LogP contribution in [-0.2, 0) is 4.79 Å². The number of rotatable bonds is 3. The van der Waals surface area contributed by atoms with E-state index in [0.717, 1.165) is 18.6 Å². The number of benzene rings is 2. The Hall–Kier alpha value is -2.09. The second-order valence-corrected chi connectivity index (χ2v) is 6.00. The fourth-order valence-electron chi connectivity index (χ4n) is 3.61. The zero-order valence-corrected chi connectivity index (χ0v) is 13.0. The van der Waals surface area contributed by atoms with E-state index in [-0.39, 0.29) is 5.92 Å². The van der Waals surface area contributed by atoms with Crippen molar-refractivity contribution in [2.75, 3.05) is 7.11 Å². The summed E-state index contributed by atoms with van der Waals surface area (Å²) in [6.07, 6.45) is 3.33. The highest BCUT2D eigenvalue weighted by molar-refractivity contribution is 5.80. The third-order valence-corrected chi connectivity index (χ3v) is 4.67. The molecule has 114 valence electrons. The molecule has 1 fully saturated rings. The summed E-state index contributed by atoms with van der Waals surface area (Å²) in [6, 6.07) is 18.7. The second kappa shape index (κ2) is 6.78. The molecule has 0 N–H and O–H groups in total. The van der Waals surface area contributed by atoms with Crippen LogP contribution in [0.3, 0.4) is 0 Å². The molecule has 1 aliphatic carbocycles. The maximum atomic E-state index is 12.2. The molecular weight excluding hydrogens is 272 g/mol. The minimum atomic E-state index is 0.243. The minimum Gasteiger partial charge on any atom is -0.496 e. The van der Waals surface area contributed by atoms with E-state index in [1.54, 1.807) is 7.11 Å². The SMILES string of the molecule is COc1ccccc1[C@H]1CCCC(=O)C[C@H]1c1ccccc1. The lowest BCUT2D eigenvalue weighted by atomic mass is 9.78. The highest BCUT2D eigenvalue weighted by atomic mass is 16.5. The predicted octanol–water partition coefficient (Wildman–Crippen LogP) is 4.71. The third kappa shape index (κ3) is 3.06. The predicted molar refractivity (Wildman–Crippen MR) is 88.4 cm³/mol. The van der Waals surface area contributed by atoms with E-state index in [2.05, 4.69) is 36.4 Å². The van der Waals surface area contributed by atoms with Crippen LogP contribution in [0.25, 0.3) is 0 Å². The monoisotopic (exact) mass is 294 g/mol. The molecule has 2 heteroatoms. The molecule has 0 spiro atoms. The topological polar surface area (TPSA) is 26.3 Å². The van der Waals surface area contributed by atoms with Crippen molar-refractivity contribution in [1.82, 2.24) is 0 Å². The molecular formula is C20H22O2. The smallest absolute Gasteiger partial charge is 0.133 e. The van der Waals surface area contributed by atoms with Gasteiger partial charge in [-0.05, 0) is 41.9 Å². The van der Waals surface area contributed by atoms with Crippen LogP contribution in [0.15, 0.2) is 54.6 Å². The van der Waals surface area contributed by atoms with E-state index in [1.807, 2.05) is 18.2 Å². The van der Waals surface area contributed by atoms with Crippen molar-refractivity contribution < 1.29 is 9.53 Å². The molecule has 0 radical (unpaired) electrons. The largest absolute Gasteiger partial charge is 0.496 e. The summed E-state index contributed by atoms with van der Waals surface area (Å²) in [5, 5.41) is 0. The summed E-state index contributed by atoms with van der Waals surface area (Å²) in [5.74, 6) is 1.89. The number of Topliss-reactive ketones (excluding diaryl/α,β-unsaturated/α-hetero) is 1. The highest BCUT2D eigenvalue weighted by Gasteiger charge is 2.31. The van der Waals surface area contributed by atoms with Gasteiger partial charge in [0.05, 0.1) is 7.11 Å². The van der Waals surface area contributed by atoms with Crippen LogP contribution in [-0.4, -0.2) is 12.9 Å². The lowest BCUT2D eigenvalue weighted by molar-refractivity contribution is -0.119. The fourth-order valence-corrected chi connectivity index (χ4v) is 3.61. The number of carbonyl (C=O) groups excluding carboxylic acids is 1. The molecule has 3 rings (SSSR count). The first kappa shape index (κ1) is 14.8. The van der Waals surface area contributed by atoms with Crippen molar-refractivity contribution in [3.05, 3.63) is 65.7 Å². The van der Waals surface area contributed by atoms with Crippen molar-refractivity contribution in [3.8, 4) is 5.75 Å². The molecule has 0 bridgehead atoms. The summed E-state index contributed by atoms with van der Waals surface area (Å²) < 4.78 is 5.57. The van der Waals surface area contributed by atoms with Crippen LogP contribution in [0.4, 0.5) is 0 Å². The van der Waals surface area contributed by atoms with Crippen molar-refractivity contribution in [3.63, 3.8) is 0 Å². The van der Waals surface area contributed by atoms with Crippen LogP contribution < -0.4 is 4.74 Å². The Kier molecular flexibility index (Phi) is 4.57. The molecule has 2 aromatic carbocycles. The molecule has 2 nitrogen and oxygen atoms in total. The number of methoxy groups -OCH3 is 1. The number of hydrogen-bond donors (Lipinski definition) is 0. The van der Waals surface area contributed by atoms with Gasteiger partial charge in [0.2, 0.25) is 0 Å². The molecule has 0 aromatic heterocycles. The van der Waals surface area contributed by atoms with Gasteiger partial charge in [-0.15, -0.1) is 0 Å². The Balaban J connectivity index is 2.03. The van der Waals surface area contributed by atoms with Crippen molar-refractivity contribution in [2.45, 2.75) is 37.5 Å². The van der Waals surface area contributed by atoms with E-state index in [9.17, 15) is 4.79 Å². The Morgan fingerprint density at radius 1 is 0.955 bits per heavy atom. The first-order valence-corrected chi connectivity index (χ1v) is 7.99. The number of ether oxygens (including phenoxy) is 1. The summed E-state index contributed by atoms with van der Waals surface area (Å²) >= 11 is 0. The fraction of sp³-hybridized carbons (Fsp3) is 0.350. The van der Waals surface area contributed by atoms with Crippen molar-refractivity contribution in [2.24, 2.45) is 0 Å². The average Bonchev–Trinajstić information content (AvgIpc) is 2.77. The van der Waals surface area contributed by atoms with Gasteiger partial charge in [-0.1, -0.05) is 48.5 Å². The summed E-state index contributed by atoms with van der Waals surface area (Å²) in [6.45, 7) is 0. The van der Waals surface area contributed by atoms with E-state index in [0.29, 0.717) is 24.5 Å². The normalized spacial score (nSPS) is 22.1. The van der Waals surface area contributed by atoms with Crippen LogP contribution in [0.1, 0.15) is 48.6 Å². The molecule has 2 aromatic rings. The quantitative estimate of drug-likeness (QED) is 0.767. The molecule has 0 aliphatic heterocycles. The van der Waals surface area contributed by atoms with E-state index >= 15 is 0 Å². The molecule has 22 heavy (non-hydrogen) atoms. The van der Waals surface area contributed by atoms with Gasteiger partial charge in [-0.3, -0.25) is 4.79 Å². The van der Waals surface area contributed by atoms with Crippen molar-refractivity contribution >= 4 is 5.78 Å². The number of hydrogen-bond acceptors (Lipinski definition) is 2. The number of para-hydroxylation sites is 1. The Bertz CT molecular complexity index is 633. The van der Waals surface area contributed by atoms with Crippen LogP contribution >= 0.6 is 0 Å². The van der Waals surface area contributed by atoms with Crippen LogP contribution in [0.2, 0.25) is 0 Å². The summed E-state index contributed by atoms with van der Waals surface area (Å²) in [4.78, 5) is 12.2. The molecule has 1 saturated carbocycles. The van der Waals surface area contributed by atoms with Gasteiger partial charge < -0.3 is 4.74 Å². The zero-order chi connectivity index (χ0) is 15.4. The van der Waals surface area contributed by atoms with E-state index in [1.165, 1.54) is 11.1 Å². The maximum absolute atomic E-state index is 12.2. The van der Waals surface area contributed by atoms with Gasteiger partial charge in [0.25, 0.3) is 0 Å². The van der Waals surface area contributed by atoms with Gasteiger partial charge in [-0.25, -0.2) is 0 Å². The van der Waals surface area contributed by atoms with Gasteiger partial charge in [0.15, 0.2) is 0 Å². The van der Waals surface area contributed by atoms with Gasteiger partial charge in [0, 0.05) is 12.8 Å². The molecule has 0 heterocycles. The summed E-state index contributed by atoms with van der Waals surface area (Å²) in [7, 11) is 1.72. The lowest BCUT2D eigenvalue weighted by Gasteiger charge is -2.27. The van der Waals surface area contributed by atoms with Gasteiger partial charge in [-0.2, -0.15) is 0 Å². The Morgan fingerprint density at radius 3 is 2.45 bits per heavy atom. The molecule has 0 unspecified atom stereocenters. The summed E-state index contributed by atoms with van der Waals surface area (Å²) in [5.41, 5.74) is 2.49. The average molecular weight is 294 g/mol. The molecule has 0 saturated heterocycles. The first-order valence-electron chi connectivity index (χ1n) is 7.99. The Labute approximate surface area is 132 Å². The minimum absolute atomic E-state index is 0.243. The lowest BCUT2D eigenvalue weighted by Crippen LogP contribution is -2.13. The van der Waals surface area contributed by atoms with E-state index < -0.39 is 0 Å². The highest BCUT2D eigenvalue weighted by Crippen LogP contribution is 2.44. The van der Waals surface area contributed by atoms with Gasteiger partial charge >= 0.3 is 0 Å². The zero-order valence-electron chi connectivity index (χ0n) is 13.0. The number of carbonyl (C=O) groups is 1. The molecule has 2 atom stereocenters. The molecule has 1 aliphatic rings. The Morgan fingerprint density at radius 2 is 1.68 bits per heavy atom. The third-order valence-electron chi connectivity index (χ3n) is 4.67. The standard InChI is InChI=1S/C20H22O2/c1-22-20-13-6-5-11-18(20)17-12-7-10-16(21)14-19(17)15-8-3-2-4-9-15/h2-6,8-9,11,13,17,19H,7,10,12,14H2,1H3/t17-,19+/m1/s1. The number of ketones is 1. The van der Waals surface area contributed by atoms with Crippen molar-refractivity contribution in [1.29, 1.82) is 0 Å². The first-order chi connectivity index (χ1) is 10.8. The van der Waals surface area contributed by atoms with Crippen LogP contribution in [0, 0.1) is 0 Å².